The number of hydrogen-bond acceptors (Lipinski definition) is 4. The third kappa shape index (κ3) is 3.73. The minimum Gasteiger partial charge on any atom is -0.370 e. The fourth-order valence-electron chi connectivity index (χ4n) is 3.75. The first-order valence-corrected chi connectivity index (χ1v) is 8.61. The van der Waals surface area contributed by atoms with Gasteiger partial charge in [-0.25, -0.2) is 9.97 Å². The molecule has 21 heavy (non-hydrogen) atoms. The van der Waals surface area contributed by atoms with Gasteiger partial charge in [0.15, 0.2) is 0 Å². The fourth-order valence-corrected chi connectivity index (χ4v) is 3.75. The van der Waals surface area contributed by atoms with Gasteiger partial charge in [-0.1, -0.05) is 19.3 Å². The molecule has 0 aromatic carbocycles. The van der Waals surface area contributed by atoms with Gasteiger partial charge in [0.2, 0.25) is 0 Å². The molecule has 0 bridgehead atoms. The molecule has 1 heterocycles. The maximum Gasteiger partial charge on any atom is 0.132 e. The molecular formula is C17H28N4. The predicted molar refractivity (Wildman–Crippen MR) is 86.7 cm³/mol. The number of anilines is 1. The van der Waals surface area contributed by atoms with Crippen LogP contribution in [-0.2, 0) is 12.8 Å². The average molecular weight is 288 g/mol. The quantitative estimate of drug-likeness (QED) is 0.817. The molecule has 0 amide bonds. The molecule has 4 nitrogen and oxygen atoms in total. The number of aryl methyl sites for hydroxylation is 1. The minimum atomic E-state index is 0.821. The average Bonchev–Trinajstić information content (AvgIpc) is 3.01. The summed E-state index contributed by atoms with van der Waals surface area (Å²) in [6.45, 7) is 2.20. The van der Waals surface area contributed by atoms with Gasteiger partial charge in [-0.3, -0.25) is 0 Å². The first-order valence-electron chi connectivity index (χ1n) is 8.61. The molecule has 2 aliphatic carbocycles. The van der Waals surface area contributed by atoms with E-state index in [1.165, 1.54) is 62.7 Å². The standard InChI is InChI=1S/C17H28N4/c1-21(14-7-3-2-4-8-14)12-6-11-18-17-15-9-5-10-16(15)19-13-20-17/h13-14H,2-12H2,1H3,(H,18,19,20). The topological polar surface area (TPSA) is 41.0 Å². The van der Waals surface area contributed by atoms with Crippen LogP contribution in [0.4, 0.5) is 5.82 Å². The fraction of sp³-hybridized carbons (Fsp3) is 0.765. The summed E-state index contributed by atoms with van der Waals surface area (Å²) >= 11 is 0. The van der Waals surface area contributed by atoms with Gasteiger partial charge >= 0.3 is 0 Å². The summed E-state index contributed by atoms with van der Waals surface area (Å²) in [5.41, 5.74) is 2.62. The summed E-state index contributed by atoms with van der Waals surface area (Å²) in [6, 6.07) is 0.821. The zero-order valence-electron chi connectivity index (χ0n) is 13.3. The summed E-state index contributed by atoms with van der Waals surface area (Å²) in [7, 11) is 2.29. The van der Waals surface area contributed by atoms with Crippen LogP contribution in [-0.4, -0.2) is 41.0 Å². The number of aromatic nitrogens is 2. The van der Waals surface area contributed by atoms with Crippen molar-refractivity contribution in [3.63, 3.8) is 0 Å². The largest absolute Gasteiger partial charge is 0.370 e. The monoisotopic (exact) mass is 288 g/mol. The zero-order valence-corrected chi connectivity index (χ0v) is 13.3. The van der Waals surface area contributed by atoms with E-state index < -0.39 is 0 Å². The minimum absolute atomic E-state index is 0.821. The first-order chi connectivity index (χ1) is 10.3. The van der Waals surface area contributed by atoms with E-state index in [9.17, 15) is 0 Å². The number of fused-ring (bicyclic) bond motifs is 1. The number of hydrogen-bond donors (Lipinski definition) is 1. The van der Waals surface area contributed by atoms with E-state index >= 15 is 0 Å². The van der Waals surface area contributed by atoms with Crippen LogP contribution in [0.5, 0.6) is 0 Å². The molecule has 2 aliphatic rings. The van der Waals surface area contributed by atoms with Gasteiger partial charge in [0.1, 0.15) is 12.1 Å². The molecule has 0 atom stereocenters. The molecule has 4 heteroatoms. The van der Waals surface area contributed by atoms with Crippen LogP contribution in [0.15, 0.2) is 6.33 Å². The Morgan fingerprint density at radius 3 is 2.86 bits per heavy atom. The smallest absolute Gasteiger partial charge is 0.132 e. The van der Waals surface area contributed by atoms with Gasteiger partial charge in [-0.2, -0.15) is 0 Å². The van der Waals surface area contributed by atoms with Crippen molar-refractivity contribution in [2.24, 2.45) is 0 Å². The van der Waals surface area contributed by atoms with Crippen LogP contribution >= 0.6 is 0 Å². The predicted octanol–water partition coefficient (Wildman–Crippen LogP) is 3.03. The van der Waals surface area contributed by atoms with Gasteiger partial charge in [0.25, 0.3) is 0 Å². The number of rotatable bonds is 6. The molecule has 0 spiro atoms. The lowest BCUT2D eigenvalue weighted by Crippen LogP contribution is -2.34. The Labute approximate surface area is 128 Å². The molecule has 0 saturated heterocycles. The Bertz CT molecular complexity index is 454. The van der Waals surface area contributed by atoms with E-state index in [0.29, 0.717) is 0 Å². The van der Waals surface area contributed by atoms with Gasteiger partial charge in [0.05, 0.1) is 0 Å². The van der Waals surface area contributed by atoms with Crippen molar-refractivity contribution >= 4 is 5.82 Å². The van der Waals surface area contributed by atoms with E-state index in [-0.39, 0.29) is 0 Å². The highest BCUT2D eigenvalue weighted by Gasteiger charge is 2.18. The van der Waals surface area contributed by atoms with Gasteiger partial charge in [-0.05, 0) is 52.1 Å². The Morgan fingerprint density at radius 2 is 2.00 bits per heavy atom. The third-order valence-electron chi connectivity index (χ3n) is 5.05. The van der Waals surface area contributed by atoms with Crippen molar-refractivity contribution in [1.29, 1.82) is 0 Å². The summed E-state index contributed by atoms with van der Waals surface area (Å²) in [6.07, 6.45) is 13.4. The number of nitrogens with one attached hydrogen (secondary N) is 1. The van der Waals surface area contributed by atoms with Gasteiger partial charge in [0, 0.05) is 23.8 Å². The molecule has 1 aromatic rings. The van der Waals surface area contributed by atoms with E-state index in [4.69, 9.17) is 0 Å². The van der Waals surface area contributed by atoms with Crippen molar-refractivity contribution in [1.82, 2.24) is 14.9 Å². The van der Waals surface area contributed by atoms with Crippen LogP contribution in [0.1, 0.15) is 56.2 Å². The summed E-state index contributed by atoms with van der Waals surface area (Å²) in [4.78, 5) is 11.4. The maximum absolute atomic E-state index is 4.42. The van der Waals surface area contributed by atoms with Crippen molar-refractivity contribution < 1.29 is 0 Å². The van der Waals surface area contributed by atoms with Crippen molar-refractivity contribution in [3.8, 4) is 0 Å². The molecule has 0 radical (unpaired) electrons. The normalized spacial score (nSPS) is 19.0. The van der Waals surface area contributed by atoms with Crippen molar-refractivity contribution in [2.45, 2.75) is 63.8 Å². The second-order valence-electron chi connectivity index (χ2n) is 6.55. The zero-order chi connectivity index (χ0) is 14.5. The Morgan fingerprint density at radius 1 is 1.14 bits per heavy atom. The second kappa shape index (κ2) is 7.21. The molecule has 1 fully saturated rings. The van der Waals surface area contributed by atoms with Gasteiger partial charge in [-0.15, -0.1) is 0 Å². The molecule has 116 valence electrons. The molecule has 0 aliphatic heterocycles. The van der Waals surface area contributed by atoms with E-state index in [2.05, 4.69) is 27.2 Å². The Hall–Kier alpha value is -1.16. The van der Waals surface area contributed by atoms with Gasteiger partial charge < -0.3 is 10.2 Å². The summed E-state index contributed by atoms with van der Waals surface area (Å²) < 4.78 is 0. The van der Waals surface area contributed by atoms with Crippen molar-refractivity contribution in [3.05, 3.63) is 17.6 Å². The summed E-state index contributed by atoms with van der Waals surface area (Å²) in [5, 5.41) is 3.53. The Kier molecular flexibility index (Phi) is 5.07. The molecule has 1 saturated carbocycles. The first kappa shape index (κ1) is 14.8. The molecular weight excluding hydrogens is 260 g/mol. The summed E-state index contributed by atoms with van der Waals surface area (Å²) in [5.74, 6) is 1.08. The second-order valence-corrected chi connectivity index (χ2v) is 6.55. The van der Waals surface area contributed by atoms with Crippen LogP contribution < -0.4 is 5.32 Å². The highest BCUT2D eigenvalue weighted by Crippen LogP contribution is 2.25. The molecule has 1 aromatic heterocycles. The highest BCUT2D eigenvalue weighted by atomic mass is 15.1. The van der Waals surface area contributed by atoms with Crippen molar-refractivity contribution in [2.75, 3.05) is 25.5 Å². The molecule has 0 unspecified atom stereocenters. The Balaban J connectivity index is 1.41. The van der Waals surface area contributed by atoms with E-state index in [1.54, 1.807) is 6.33 Å². The highest BCUT2D eigenvalue weighted by molar-refractivity contribution is 5.47. The lowest BCUT2D eigenvalue weighted by Gasteiger charge is -2.31. The third-order valence-corrected chi connectivity index (χ3v) is 5.05. The lowest BCUT2D eigenvalue weighted by molar-refractivity contribution is 0.191. The lowest BCUT2D eigenvalue weighted by atomic mass is 9.94. The molecule has 1 N–H and O–H groups in total. The number of nitrogens with zero attached hydrogens (tertiary/aromatic N) is 3. The maximum atomic E-state index is 4.42. The van der Waals surface area contributed by atoms with Crippen LogP contribution in [0.3, 0.4) is 0 Å². The SMILES string of the molecule is CN(CCCNc1ncnc2c1CCC2)C1CCCCC1. The van der Waals surface area contributed by atoms with Crippen LogP contribution in [0.25, 0.3) is 0 Å². The van der Waals surface area contributed by atoms with Crippen LogP contribution in [0, 0.1) is 0 Å². The van der Waals surface area contributed by atoms with E-state index in [0.717, 1.165) is 31.2 Å². The molecule has 3 rings (SSSR count). The van der Waals surface area contributed by atoms with Crippen LogP contribution in [0.2, 0.25) is 0 Å². The van der Waals surface area contributed by atoms with E-state index in [1.807, 2.05) is 0 Å².